The normalized spacial score (nSPS) is 10.8. The standard InChI is InChI=1S/C13H18O2.CH2O3.Mg/c1-9(2)8-11-4-6-12(7-5-11)10(3)13(14)15;2-1(3)4;/h4-7,9-10H,8H2,1-3H3,(H,14,15);(H2,2,3,4);/q;;+2/p-2. The fourth-order valence-electron chi connectivity index (χ4n) is 1.56. The maximum Gasteiger partial charge on any atom is 2.00 e. The zero-order valence-electron chi connectivity index (χ0n) is 12.0. The number of carbonyl (C=O) groups excluding carboxylic acids is 1. The molecule has 1 aromatic rings. The zero-order valence-corrected chi connectivity index (χ0v) is 13.4. The minimum atomic E-state index is -2.33. The summed E-state index contributed by atoms with van der Waals surface area (Å²) >= 11 is 0. The molecule has 6 heteroatoms. The van der Waals surface area contributed by atoms with Gasteiger partial charge in [0.2, 0.25) is 0 Å². The minimum Gasteiger partial charge on any atom is -0.652 e. The Balaban J connectivity index is 0. The topological polar surface area (TPSA) is 100 Å². The molecule has 0 heterocycles. The first-order chi connectivity index (χ1) is 8.73. The predicted molar refractivity (Wildman–Crippen MR) is 72.2 cm³/mol. The molecule has 5 nitrogen and oxygen atoms in total. The summed E-state index contributed by atoms with van der Waals surface area (Å²) in [6, 6.07) is 7.87. The minimum absolute atomic E-state index is 0. The molecule has 1 aromatic carbocycles. The summed E-state index contributed by atoms with van der Waals surface area (Å²) in [6.07, 6.45) is -1.29. The summed E-state index contributed by atoms with van der Waals surface area (Å²) in [4.78, 5) is 19.1. The van der Waals surface area contributed by atoms with Crippen LogP contribution in [-0.2, 0) is 11.2 Å². The maximum atomic E-state index is 10.8. The zero-order chi connectivity index (χ0) is 15.0. The van der Waals surface area contributed by atoms with Crippen LogP contribution in [0.1, 0.15) is 37.8 Å². The average molecular weight is 291 g/mol. The predicted octanol–water partition coefficient (Wildman–Crippen LogP) is 0.245. The molecule has 1 N–H and O–H groups in total. The second-order valence-electron chi connectivity index (χ2n) is 4.65. The Labute approximate surface area is 134 Å². The van der Waals surface area contributed by atoms with Gasteiger partial charge in [-0.05, 0) is 36.5 Å². The van der Waals surface area contributed by atoms with E-state index in [0.717, 1.165) is 12.0 Å². The number of rotatable bonds is 4. The van der Waals surface area contributed by atoms with Crippen LogP contribution in [0.4, 0.5) is 4.79 Å². The Morgan fingerprint density at radius 3 is 1.80 bits per heavy atom. The van der Waals surface area contributed by atoms with Gasteiger partial charge in [-0.25, -0.2) is 0 Å². The number of carboxylic acids is 1. The number of hydrogen-bond acceptors (Lipinski definition) is 4. The van der Waals surface area contributed by atoms with Crippen LogP contribution in [0.15, 0.2) is 24.3 Å². The molecular formula is C14H18MgO5. The number of carbonyl (C=O) groups is 2. The fraction of sp³-hybridized carbons (Fsp3) is 0.429. The summed E-state index contributed by atoms with van der Waals surface area (Å²) in [5.41, 5.74) is 2.14. The van der Waals surface area contributed by atoms with E-state index in [1.807, 2.05) is 24.3 Å². The van der Waals surface area contributed by atoms with Gasteiger partial charge in [0.05, 0.1) is 5.92 Å². The molecular weight excluding hydrogens is 272 g/mol. The third-order valence-corrected chi connectivity index (χ3v) is 2.49. The van der Waals surface area contributed by atoms with E-state index < -0.39 is 18.0 Å². The van der Waals surface area contributed by atoms with Crippen molar-refractivity contribution in [2.75, 3.05) is 0 Å². The van der Waals surface area contributed by atoms with Gasteiger partial charge in [-0.1, -0.05) is 38.1 Å². The van der Waals surface area contributed by atoms with Gasteiger partial charge in [-0.15, -0.1) is 0 Å². The summed E-state index contributed by atoms with van der Waals surface area (Å²) in [5, 5.41) is 25.5. The van der Waals surface area contributed by atoms with Crippen molar-refractivity contribution in [3.05, 3.63) is 35.4 Å². The molecule has 1 rings (SSSR count). The van der Waals surface area contributed by atoms with Crippen LogP contribution in [0, 0.1) is 5.92 Å². The summed E-state index contributed by atoms with van der Waals surface area (Å²) < 4.78 is 0. The van der Waals surface area contributed by atoms with Crippen molar-refractivity contribution in [3.8, 4) is 0 Å². The monoisotopic (exact) mass is 290 g/mol. The van der Waals surface area contributed by atoms with E-state index in [-0.39, 0.29) is 23.1 Å². The van der Waals surface area contributed by atoms with Gasteiger partial charge in [0, 0.05) is 0 Å². The molecule has 0 bridgehead atoms. The van der Waals surface area contributed by atoms with E-state index in [1.54, 1.807) is 6.92 Å². The Bertz CT molecular complexity index is 410. The van der Waals surface area contributed by atoms with Crippen molar-refractivity contribution < 1.29 is 24.9 Å². The number of aliphatic carboxylic acids is 1. The van der Waals surface area contributed by atoms with Crippen LogP contribution in [0.5, 0.6) is 0 Å². The van der Waals surface area contributed by atoms with E-state index in [0.29, 0.717) is 5.92 Å². The largest absolute Gasteiger partial charge is 2.00 e. The molecule has 20 heavy (non-hydrogen) atoms. The number of carboxylic acid groups (broad SMARTS) is 3. The van der Waals surface area contributed by atoms with Gasteiger partial charge in [-0.3, -0.25) is 4.79 Å². The number of hydrogen-bond donors (Lipinski definition) is 1. The maximum absolute atomic E-state index is 10.8. The molecule has 0 fully saturated rings. The molecule has 0 saturated carbocycles. The van der Waals surface area contributed by atoms with Gasteiger partial charge < -0.3 is 20.1 Å². The summed E-state index contributed by atoms with van der Waals surface area (Å²) in [7, 11) is 0. The average Bonchev–Trinajstić information content (AvgIpc) is 2.27. The molecule has 0 radical (unpaired) electrons. The molecule has 0 amide bonds. The van der Waals surface area contributed by atoms with Crippen molar-refractivity contribution in [2.45, 2.75) is 33.1 Å². The molecule has 0 aliphatic heterocycles. The van der Waals surface area contributed by atoms with Crippen molar-refractivity contribution in [1.82, 2.24) is 0 Å². The molecule has 1 unspecified atom stereocenters. The number of benzene rings is 1. The van der Waals surface area contributed by atoms with E-state index in [2.05, 4.69) is 13.8 Å². The molecule has 1 atom stereocenters. The van der Waals surface area contributed by atoms with Gasteiger partial charge in [-0.2, -0.15) is 0 Å². The molecule has 0 saturated heterocycles. The fourth-order valence-corrected chi connectivity index (χ4v) is 1.56. The first-order valence-electron chi connectivity index (χ1n) is 5.93. The van der Waals surface area contributed by atoms with Crippen LogP contribution >= 0.6 is 0 Å². The second-order valence-corrected chi connectivity index (χ2v) is 4.65. The molecule has 0 spiro atoms. The second kappa shape index (κ2) is 10.5. The molecule has 106 valence electrons. The third kappa shape index (κ3) is 9.63. The molecule has 0 aliphatic carbocycles. The quantitative estimate of drug-likeness (QED) is 0.801. The molecule has 0 aliphatic rings. The van der Waals surface area contributed by atoms with Crippen LogP contribution in [0.3, 0.4) is 0 Å². The van der Waals surface area contributed by atoms with Crippen molar-refractivity contribution in [2.24, 2.45) is 5.92 Å². The van der Waals surface area contributed by atoms with Gasteiger partial charge in [0.1, 0.15) is 0 Å². The Hall–Kier alpha value is -1.27. The van der Waals surface area contributed by atoms with E-state index in [9.17, 15) is 4.79 Å². The van der Waals surface area contributed by atoms with Crippen LogP contribution in [-0.4, -0.2) is 40.3 Å². The van der Waals surface area contributed by atoms with E-state index >= 15 is 0 Å². The molecule has 0 aromatic heterocycles. The van der Waals surface area contributed by atoms with Gasteiger partial charge in [0.15, 0.2) is 0 Å². The van der Waals surface area contributed by atoms with Crippen LogP contribution < -0.4 is 10.2 Å². The Morgan fingerprint density at radius 2 is 1.50 bits per heavy atom. The van der Waals surface area contributed by atoms with E-state index in [1.165, 1.54) is 5.56 Å². The van der Waals surface area contributed by atoms with Crippen molar-refractivity contribution in [1.29, 1.82) is 0 Å². The summed E-state index contributed by atoms with van der Waals surface area (Å²) in [5.74, 6) is -0.558. The van der Waals surface area contributed by atoms with Crippen molar-refractivity contribution in [3.63, 3.8) is 0 Å². The first-order valence-corrected chi connectivity index (χ1v) is 5.93. The Kier molecular flexibility index (Phi) is 11.0. The SMILES string of the molecule is CC(C)Cc1ccc(C(C)C(=O)O)cc1.O=C([O-])[O-].[Mg+2]. The Morgan fingerprint density at radius 1 is 1.10 bits per heavy atom. The van der Waals surface area contributed by atoms with Crippen LogP contribution in [0.2, 0.25) is 0 Å². The first kappa shape index (κ1) is 21.0. The van der Waals surface area contributed by atoms with Crippen molar-refractivity contribution >= 4 is 35.2 Å². The third-order valence-electron chi connectivity index (χ3n) is 2.49. The van der Waals surface area contributed by atoms with Gasteiger partial charge >= 0.3 is 29.0 Å². The smallest absolute Gasteiger partial charge is 0.652 e. The van der Waals surface area contributed by atoms with Gasteiger partial charge in [0.25, 0.3) is 0 Å². The summed E-state index contributed by atoms with van der Waals surface area (Å²) in [6.45, 7) is 6.06. The van der Waals surface area contributed by atoms with Crippen LogP contribution in [0.25, 0.3) is 0 Å². The van der Waals surface area contributed by atoms with E-state index in [4.69, 9.17) is 20.1 Å².